The first-order valence-corrected chi connectivity index (χ1v) is 6.83. The van der Waals surface area contributed by atoms with Gasteiger partial charge in [0, 0.05) is 22.7 Å². The Labute approximate surface area is 112 Å². The minimum Gasteiger partial charge on any atom is -0.398 e. The molecule has 0 amide bonds. The molecule has 0 bridgehead atoms. The maximum Gasteiger partial charge on any atom is 0.0461 e. The van der Waals surface area contributed by atoms with E-state index in [1.54, 1.807) is 0 Å². The molecule has 0 saturated heterocycles. The number of halogens is 1. The molecule has 1 fully saturated rings. The summed E-state index contributed by atoms with van der Waals surface area (Å²) < 4.78 is 0.966. The molecule has 0 aliphatic heterocycles. The van der Waals surface area contributed by atoms with Gasteiger partial charge < -0.3 is 11.1 Å². The summed E-state index contributed by atoms with van der Waals surface area (Å²) in [7, 11) is 0. The van der Waals surface area contributed by atoms with E-state index in [0.29, 0.717) is 16.9 Å². The van der Waals surface area contributed by atoms with Crippen molar-refractivity contribution in [3.63, 3.8) is 0 Å². The quantitative estimate of drug-likeness (QED) is 0.837. The van der Waals surface area contributed by atoms with E-state index in [1.807, 2.05) is 12.1 Å². The third-order valence-corrected chi connectivity index (χ3v) is 5.31. The molecule has 0 unspecified atom stereocenters. The fourth-order valence-electron chi connectivity index (χ4n) is 2.63. The van der Waals surface area contributed by atoms with Crippen LogP contribution in [0, 0.1) is 10.8 Å². The molecule has 3 N–H and O–H groups in total. The Morgan fingerprint density at radius 3 is 2.29 bits per heavy atom. The molecule has 0 spiro atoms. The predicted octanol–water partition coefficient (Wildman–Crippen LogP) is 3.56. The van der Waals surface area contributed by atoms with Gasteiger partial charge in [-0.05, 0) is 44.5 Å². The number of rotatable bonds is 3. The number of nitrogens with two attached hydrogens (primary N) is 1. The van der Waals surface area contributed by atoms with Crippen LogP contribution in [0.1, 0.15) is 33.3 Å². The van der Waals surface area contributed by atoms with Gasteiger partial charge in [0.05, 0.1) is 0 Å². The van der Waals surface area contributed by atoms with Gasteiger partial charge in [-0.2, -0.15) is 0 Å². The van der Waals surface area contributed by atoms with Crippen molar-refractivity contribution in [3.05, 3.63) is 28.2 Å². The summed E-state index contributed by atoms with van der Waals surface area (Å²) in [5.74, 6) is 0. The van der Waals surface area contributed by atoms with Crippen LogP contribution in [0.2, 0.25) is 0 Å². The van der Waals surface area contributed by atoms with Crippen LogP contribution in [0.15, 0.2) is 22.7 Å². The summed E-state index contributed by atoms with van der Waals surface area (Å²) >= 11 is 3.41. The first kappa shape index (κ1) is 12.9. The number of benzene rings is 1. The zero-order valence-electron chi connectivity index (χ0n) is 11.0. The summed E-state index contributed by atoms with van der Waals surface area (Å²) in [6.07, 6.45) is 0. The van der Waals surface area contributed by atoms with Crippen LogP contribution in [0.3, 0.4) is 0 Å². The molecule has 1 aromatic carbocycles. The fraction of sp³-hybridized carbons (Fsp3) is 0.571. The lowest BCUT2D eigenvalue weighted by molar-refractivity contribution is 0.457. The molecule has 0 atom stereocenters. The molecule has 0 radical (unpaired) electrons. The van der Waals surface area contributed by atoms with Gasteiger partial charge in [-0.15, -0.1) is 0 Å². The van der Waals surface area contributed by atoms with Crippen LogP contribution in [-0.4, -0.2) is 6.04 Å². The Morgan fingerprint density at radius 1 is 1.24 bits per heavy atom. The molecule has 17 heavy (non-hydrogen) atoms. The average molecular weight is 297 g/mol. The van der Waals surface area contributed by atoms with E-state index >= 15 is 0 Å². The van der Waals surface area contributed by atoms with E-state index in [2.05, 4.69) is 55.0 Å². The van der Waals surface area contributed by atoms with Crippen molar-refractivity contribution in [2.45, 2.75) is 40.3 Å². The van der Waals surface area contributed by atoms with Crippen molar-refractivity contribution >= 4 is 21.6 Å². The minimum absolute atomic E-state index is 0.383. The molecule has 1 aromatic rings. The minimum atomic E-state index is 0.383. The van der Waals surface area contributed by atoms with Crippen LogP contribution >= 0.6 is 15.9 Å². The van der Waals surface area contributed by atoms with E-state index in [1.165, 1.54) is 5.56 Å². The SMILES string of the molecule is CC1(C)C(NCc2ccc(Br)c(N)c2)C1(C)C. The smallest absolute Gasteiger partial charge is 0.0461 e. The van der Waals surface area contributed by atoms with Crippen LogP contribution in [0.5, 0.6) is 0 Å². The Morgan fingerprint density at radius 2 is 1.82 bits per heavy atom. The largest absolute Gasteiger partial charge is 0.398 e. The van der Waals surface area contributed by atoms with Gasteiger partial charge in [0.1, 0.15) is 0 Å². The number of anilines is 1. The molecule has 3 heteroatoms. The number of hydrogen-bond donors (Lipinski definition) is 2. The van der Waals surface area contributed by atoms with Gasteiger partial charge in [-0.25, -0.2) is 0 Å². The highest BCUT2D eigenvalue weighted by atomic mass is 79.9. The highest BCUT2D eigenvalue weighted by Crippen LogP contribution is 2.62. The van der Waals surface area contributed by atoms with E-state index < -0.39 is 0 Å². The summed E-state index contributed by atoms with van der Waals surface area (Å²) in [6, 6.07) is 6.73. The molecular formula is C14H21BrN2. The lowest BCUT2D eigenvalue weighted by atomic mass is 10.0. The topological polar surface area (TPSA) is 38.0 Å². The highest BCUT2D eigenvalue weighted by Gasteiger charge is 2.64. The van der Waals surface area contributed by atoms with Crippen LogP contribution < -0.4 is 11.1 Å². The van der Waals surface area contributed by atoms with Crippen LogP contribution in [0.25, 0.3) is 0 Å². The first-order valence-electron chi connectivity index (χ1n) is 6.04. The molecular weight excluding hydrogens is 276 g/mol. The van der Waals surface area contributed by atoms with E-state index in [9.17, 15) is 0 Å². The van der Waals surface area contributed by atoms with Crippen molar-refractivity contribution in [2.75, 3.05) is 5.73 Å². The van der Waals surface area contributed by atoms with Crippen molar-refractivity contribution in [1.29, 1.82) is 0 Å². The van der Waals surface area contributed by atoms with Gasteiger partial charge in [-0.1, -0.05) is 33.8 Å². The monoisotopic (exact) mass is 296 g/mol. The second-order valence-electron chi connectivity index (χ2n) is 6.11. The second kappa shape index (κ2) is 3.99. The van der Waals surface area contributed by atoms with Gasteiger partial charge in [0.15, 0.2) is 0 Å². The Balaban J connectivity index is 1.98. The lowest BCUT2D eigenvalue weighted by Crippen LogP contribution is -2.21. The van der Waals surface area contributed by atoms with Crippen LogP contribution in [-0.2, 0) is 6.54 Å². The third kappa shape index (κ3) is 2.11. The van der Waals surface area contributed by atoms with Crippen molar-refractivity contribution in [3.8, 4) is 0 Å². The first-order chi connectivity index (χ1) is 7.76. The van der Waals surface area contributed by atoms with Crippen molar-refractivity contribution in [1.82, 2.24) is 5.32 Å². The molecule has 0 heterocycles. The molecule has 94 valence electrons. The standard InChI is InChI=1S/C14H21BrN2/c1-13(2)12(14(13,3)4)17-8-9-5-6-10(15)11(16)7-9/h5-7,12,17H,8,16H2,1-4H3. The molecule has 1 aliphatic rings. The molecule has 0 aromatic heterocycles. The second-order valence-corrected chi connectivity index (χ2v) is 6.97. The molecule has 2 nitrogen and oxygen atoms in total. The van der Waals surface area contributed by atoms with Gasteiger partial charge in [0.2, 0.25) is 0 Å². The van der Waals surface area contributed by atoms with Gasteiger partial charge >= 0.3 is 0 Å². The number of nitrogen functional groups attached to an aromatic ring is 1. The van der Waals surface area contributed by atoms with Gasteiger partial charge in [0.25, 0.3) is 0 Å². The normalized spacial score (nSPS) is 21.5. The van der Waals surface area contributed by atoms with Crippen molar-refractivity contribution in [2.24, 2.45) is 10.8 Å². The number of hydrogen-bond acceptors (Lipinski definition) is 2. The summed E-state index contributed by atoms with van der Waals surface area (Å²) in [6.45, 7) is 10.2. The van der Waals surface area contributed by atoms with Crippen molar-refractivity contribution < 1.29 is 0 Å². The summed E-state index contributed by atoms with van der Waals surface area (Å²) in [5.41, 5.74) is 8.68. The lowest BCUT2D eigenvalue weighted by Gasteiger charge is -2.08. The van der Waals surface area contributed by atoms with Crippen LogP contribution in [0.4, 0.5) is 5.69 Å². The van der Waals surface area contributed by atoms with E-state index in [4.69, 9.17) is 5.73 Å². The molecule has 2 rings (SSSR count). The maximum absolute atomic E-state index is 5.87. The average Bonchev–Trinajstić information content (AvgIpc) is 2.61. The predicted molar refractivity (Wildman–Crippen MR) is 76.7 cm³/mol. The number of nitrogens with one attached hydrogen (secondary N) is 1. The van der Waals surface area contributed by atoms with Gasteiger partial charge in [-0.3, -0.25) is 0 Å². The Kier molecular flexibility index (Phi) is 3.03. The summed E-state index contributed by atoms with van der Waals surface area (Å²) in [4.78, 5) is 0. The zero-order chi connectivity index (χ0) is 12.8. The molecule has 1 aliphatic carbocycles. The van der Waals surface area contributed by atoms with E-state index in [-0.39, 0.29) is 0 Å². The zero-order valence-corrected chi connectivity index (χ0v) is 12.6. The molecule has 1 saturated carbocycles. The Hall–Kier alpha value is -0.540. The third-order valence-electron chi connectivity index (χ3n) is 4.59. The maximum atomic E-state index is 5.87. The Bertz CT molecular complexity index is 424. The highest BCUT2D eigenvalue weighted by molar-refractivity contribution is 9.10. The summed E-state index contributed by atoms with van der Waals surface area (Å²) in [5, 5.41) is 3.63. The fourth-order valence-corrected chi connectivity index (χ4v) is 2.88. The van der Waals surface area contributed by atoms with E-state index in [0.717, 1.165) is 16.7 Å².